The predicted molar refractivity (Wildman–Crippen MR) is 113 cm³/mol. The Bertz CT molecular complexity index is 917. The fourth-order valence-electron chi connectivity index (χ4n) is 2.78. The van der Waals surface area contributed by atoms with Gasteiger partial charge in [-0.05, 0) is 51.3 Å². The van der Waals surface area contributed by atoms with Crippen LogP contribution in [0.25, 0.3) is 0 Å². The van der Waals surface area contributed by atoms with Crippen molar-refractivity contribution in [2.75, 3.05) is 7.11 Å². The van der Waals surface area contributed by atoms with Gasteiger partial charge in [0.15, 0.2) is 11.5 Å². The average molecular weight is 465 g/mol. The summed E-state index contributed by atoms with van der Waals surface area (Å²) in [7, 11) is 1.58. The highest BCUT2D eigenvalue weighted by molar-refractivity contribution is 9.10. The molecule has 0 aliphatic carbocycles. The number of halogens is 3. The molecular formula is C22H20BrClFNO2. The summed E-state index contributed by atoms with van der Waals surface area (Å²) < 4.78 is 26.0. The number of nitrogens with one attached hydrogen (secondary N) is 1. The molecule has 6 heteroatoms. The molecule has 0 aliphatic rings. The van der Waals surface area contributed by atoms with Crippen LogP contribution in [-0.2, 0) is 19.7 Å². The maximum absolute atomic E-state index is 14.0. The van der Waals surface area contributed by atoms with Gasteiger partial charge in [0.25, 0.3) is 0 Å². The van der Waals surface area contributed by atoms with Gasteiger partial charge in [0.2, 0.25) is 0 Å². The lowest BCUT2D eigenvalue weighted by Crippen LogP contribution is -2.13. The quantitative estimate of drug-likeness (QED) is 0.436. The van der Waals surface area contributed by atoms with E-state index >= 15 is 0 Å². The van der Waals surface area contributed by atoms with Crippen molar-refractivity contribution in [1.29, 1.82) is 0 Å². The maximum atomic E-state index is 14.0. The summed E-state index contributed by atoms with van der Waals surface area (Å²) in [5, 5.41) is 3.73. The third-order valence-corrected chi connectivity index (χ3v) is 5.16. The summed E-state index contributed by atoms with van der Waals surface area (Å²) >= 11 is 9.60. The molecule has 146 valence electrons. The zero-order valence-electron chi connectivity index (χ0n) is 15.3. The lowest BCUT2D eigenvalue weighted by Gasteiger charge is -2.15. The van der Waals surface area contributed by atoms with Crippen LogP contribution in [0, 0.1) is 5.82 Å². The van der Waals surface area contributed by atoms with E-state index in [1.165, 1.54) is 11.6 Å². The van der Waals surface area contributed by atoms with E-state index in [0.717, 1.165) is 16.6 Å². The first-order valence-corrected chi connectivity index (χ1v) is 9.92. The van der Waals surface area contributed by atoms with E-state index in [-0.39, 0.29) is 6.61 Å². The Labute approximate surface area is 177 Å². The topological polar surface area (TPSA) is 30.5 Å². The Kier molecular flexibility index (Phi) is 7.31. The molecule has 3 nitrogen and oxygen atoms in total. The van der Waals surface area contributed by atoms with Gasteiger partial charge in [-0.3, -0.25) is 0 Å². The van der Waals surface area contributed by atoms with E-state index in [9.17, 15) is 4.39 Å². The fraction of sp³-hybridized carbons (Fsp3) is 0.182. The monoisotopic (exact) mass is 463 g/mol. The Morgan fingerprint density at radius 3 is 2.46 bits per heavy atom. The van der Waals surface area contributed by atoms with Crippen molar-refractivity contribution < 1.29 is 13.9 Å². The summed E-state index contributed by atoms with van der Waals surface area (Å²) in [5.41, 5.74) is 2.57. The largest absolute Gasteiger partial charge is 0.493 e. The second-order valence-electron chi connectivity index (χ2n) is 6.19. The van der Waals surface area contributed by atoms with Gasteiger partial charge in [-0.2, -0.15) is 0 Å². The second kappa shape index (κ2) is 9.92. The molecule has 0 amide bonds. The van der Waals surface area contributed by atoms with E-state index in [1.807, 2.05) is 30.3 Å². The molecule has 0 aromatic heterocycles. The van der Waals surface area contributed by atoms with Crippen LogP contribution in [-0.4, -0.2) is 7.11 Å². The van der Waals surface area contributed by atoms with E-state index in [2.05, 4.69) is 33.4 Å². The van der Waals surface area contributed by atoms with Gasteiger partial charge in [0.1, 0.15) is 12.4 Å². The molecule has 0 bridgehead atoms. The molecule has 0 atom stereocenters. The minimum Gasteiger partial charge on any atom is -0.493 e. The maximum Gasteiger partial charge on any atom is 0.175 e. The first kappa shape index (κ1) is 20.6. The second-order valence-corrected chi connectivity index (χ2v) is 7.45. The van der Waals surface area contributed by atoms with Gasteiger partial charge in [-0.1, -0.05) is 48.0 Å². The summed E-state index contributed by atoms with van der Waals surface area (Å²) in [4.78, 5) is 0. The molecule has 3 rings (SSSR count). The van der Waals surface area contributed by atoms with Crippen molar-refractivity contribution in [2.45, 2.75) is 19.7 Å². The minimum atomic E-state index is -0.399. The molecule has 0 heterocycles. The van der Waals surface area contributed by atoms with Crippen LogP contribution in [0.1, 0.15) is 16.7 Å². The third-order valence-electron chi connectivity index (χ3n) is 4.21. The molecular weight excluding hydrogens is 445 g/mol. The highest BCUT2D eigenvalue weighted by Gasteiger charge is 2.14. The van der Waals surface area contributed by atoms with Gasteiger partial charge in [-0.15, -0.1) is 0 Å². The molecule has 0 radical (unpaired) electrons. The standard InChI is InChI=1S/C22H20BrClFNO2/c1-27-21-11-16(13-26-12-15-6-3-2-4-7-15)10-18(23)22(21)28-14-17-19(24)8-5-9-20(17)25/h2-11,26H,12-14H2,1H3. The highest BCUT2D eigenvalue weighted by atomic mass is 79.9. The average Bonchev–Trinajstić information content (AvgIpc) is 2.69. The van der Waals surface area contributed by atoms with Crippen LogP contribution in [0.2, 0.25) is 5.02 Å². The van der Waals surface area contributed by atoms with Gasteiger partial charge < -0.3 is 14.8 Å². The summed E-state index contributed by atoms with van der Waals surface area (Å²) in [6, 6.07) is 18.6. The number of methoxy groups -OCH3 is 1. The number of ether oxygens (including phenoxy) is 2. The zero-order chi connectivity index (χ0) is 19.9. The van der Waals surface area contributed by atoms with E-state index in [1.54, 1.807) is 19.2 Å². The molecule has 0 saturated carbocycles. The van der Waals surface area contributed by atoms with Crippen LogP contribution in [0.15, 0.2) is 65.1 Å². The smallest absolute Gasteiger partial charge is 0.175 e. The van der Waals surface area contributed by atoms with Crippen molar-refractivity contribution in [2.24, 2.45) is 0 Å². The third kappa shape index (κ3) is 5.25. The van der Waals surface area contributed by atoms with Crippen molar-refractivity contribution in [3.05, 3.63) is 92.7 Å². The Morgan fingerprint density at radius 1 is 1.00 bits per heavy atom. The fourth-order valence-corrected chi connectivity index (χ4v) is 3.60. The first-order valence-electron chi connectivity index (χ1n) is 8.75. The van der Waals surface area contributed by atoms with Crippen LogP contribution in [0.3, 0.4) is 0 Å². The van der Waals surface area contributed by atoms with Crippen molar-refractivity contribution in [3.8, 4) is 11.5 Å². The number of benzene rings is 3. The molecule has 0 saturated heterocycles. The summed E-state index contributed by atoms with van der Waals surface area (Å²) in [6.45, 7) is 1.44. The van der Waals surface area contributed by atoms with Crippen molar-refractivity contribution in [3.63, 3.8) is 0 Å². The van der Waals surface area contributed by atoms with Gasteiger partial charge in [0, 0.05) is 18.7 Å². The van der Waals surface area contributed by atoms with E-state index in [0.29, 0.717) is 28.6 Å². The number of rotatable bonds is 8. The Balaban J connectivity index is 1.69. The van der Waals surface area contributed by atoms with E-state index < -0.39 is 5.82 Å². The van der Waals surface area contributed by atoms with Crippen LogP contribution < -0.4 is 14.8 Å². The first-order chi connectivity index (χ1) is 13.6. The molecule has 28 heavy (non-hydrogen) atoms. The summed E-state index contributed by atoms with van der Waals surface area (Å²) in [5.74, 6) is 0.677. The van der Waals surface area contributed by atoms with Crippen molar-refractivity contribution in [1.82, 2.24) is 5.32 Å². The van der Waals surface area contributed by atoms with Crippen LogP contribution >= 0.6 is 27.5 Å². The Hall–Kier alpha value is -2.08. The Morgan fingerprint density at radius 2 is 1.75 bits per heavy atom. The number of hydrogen-bond acceptors (Lipinski definition) is 3. The van der Waals surface area contributed by atoms with E-state index in [4.69, 9.17) is 21.1 Å². The molecule has 0 spiro atoms. The summed E-state index contributed by atoms with van der Waals surface area (Å²) in [6.07, 6.45) is 0. The molecule has 3 aromatic rings. The highest BCUT2D eigenvalue weighted by Crippen LogP contribution is 2.37. The normalized spacial score (nSPS) is 10.7. The lowest BCUT2D eigenvalue weighted by molar-refractivity contribution is 0.277. The number of hydrogen-bond donors (Lipinski definition) is 1. The lowest BCUT2D eigenvalue weighted by atomic mass is 10.1. The molecule has 0 fully saturated rings. The van der Waals surface area contributed by atoms with Crippen molar-refractivity contribution >= 4 is 27.5 Å². The molecule has 1 N–H and O–H groups in total. The van der Waals surface area contributed by atoms with Crippen LogP contribution in [0.5, 0.6) is 11.5 Å². The van der Waals surface area contributed by atoms with Gasteiger partial charge in [-0.25, -0.2) is 4.39 Å². The predicted octanol–water partition coefficient (Wildman–Crippen LogP) is 6.12. The minimum absolute atomic E-state index is 0.00602. The van der Waals surface area contributed by atoms with Crippen LogP contribution in [0.4, 0.5) is 4.39 Å². The SMILES string of the molecule is COc1cc(CNCc2ccccc2)cc(Br)c1OCc1c(F)cccc1Cl. The molecule has 0 aliphatic heterocycles. The molecule has 3 aromatic carbocycles. The zero-order valence-corrected chi connectivity index (χ0v) is 17.7. The molecule has 0 unspecified atom stereocenters. The van der Waals surface area contributed by atoms with Gasteiger partial charge in [0.05, 0.1) is 16.6 Å². The van der Waals surface area contributed by atoms with Gasteiger partial charge >= 0.3 is 0 Å².